The molecular formula is C12H17NO2. The van der Waals surface area contributed by atoms with Crippen molar-refractivity contribution in [2.75, 3.05) is 0 Å². The number of carboxylic acid groups (broad SMARTS) is 1. The van der Waals surface area contributed by atoms with Gasteiger partial charge in [0.05, 0.1) is 0 Å². The summed E-state index contributed by atoms with van der Waals surface area (Å²) >= 11 is 0. The molecule has 3 nitrogen and oxygen atoms in total. The van der Waals surface area contributed by atoms with Crippen LogP contribution in [0.25, 0.3) is 0 Å². The fourth-order valence-corrected chi connectivity index (χ4v) is 1.60. The fourth-order valence-electron chi connectivity index (χ4n) is 1.60. The van der Waals surface area contributed by atoms with Gasteiger partial charge in [0, 0.05) is 18.1 Å². The van der Waals surface area contributed by atoms with Crippen LogP contribution in [0.3, 0.4) is 0 Å². The normalized spacial score (nSPS) is 12.8. The summed E-state index contributed by atoms with van der Waals surface area (Å²) in [7, 11) is 0. The van der Waals surface area contributed by atoms with Gasteiger partial charge in [0.25, 0.3) is 0 Å². The average Bonchev–Trinajstić information content (AvgIpc) is 2.13. The zero-order valence-electron chi connectivity index (χ0n) is 9.43. The van der Waals surface area contributed by atoms with Crippen molar-refractivity contribution in [3.63, 3.8) is 0 Å². The monoisotopic (exact) mass is 207 g/mol. The van der Waals surface area contributed by atoms with Crippen LogP contribution < -0.4 is 9.67 Å². The van der Waals surface area contributed by atoms with E-state index < -0.39 is 12.0 Å². The molecule has 0 fully saturated rings. The van der Waals surface area contributed by atoms with E-state index >= 15 is 0 Å². The highest BCUT2D eigenvalue weighted by Gasteiger charge is 2.20. The maximum atomic E-state index is 11.0. The molecular weight excluding hydrogens is 190 g/mol. The van der Waals surface area contributed by atoms with Gasteiger partial charge >= 0.3 is 0 Å². The SMILES string of the molecule is Cc1ccc[n+]([C@@H](CC(C)C)C(=O)[O-])c1. The summed E-state index contributed by atoms with van der Waals surface area (Å²) in [6, 6.07) is 3.23. The Labute approximate surface area is 90.4 Å². The lowest BCUT2D eigenvalue weighted by atomic mass is 10.0. The number of hydrogen-bond donors (Lipinski definition) is 0. The number of nitrogens with zero attached hydrogens (tertiary/aromatic N) is 1. The molecule has 0 aliphatic heterocycles. The van der Waals surface area contributed by atoms with Crippen LogP contribution in [-0.4, -0.2) is 5.97 Å². The van der Waals surface area contributed by atoms with E-state index in [0.29, 0.717) is 12.3 Å². The summed E-state index contributed by atoms with van der Waals surface area (Å²) < 4.78 is 1.71. The van der Waals surface area contributed by atoms with Gasteiger partial charge in [-0.05, 0) is 18.9 Å². The predicted molar refractivity (Wildman–Crippen MR) is 54.9 cm³/mol. The molecule has 0 unspecified atom stereocenters. The lowest BCUT2D eigenvalue weighted by Gasteiger charge is -2.15. The molecule has 0 bridgehead atoms. The molecule has 0 amide bonds. The Kier molecular flexibility index (Phi) is 3.83. The van der Waals surface area contributed by atoms with Crippen LogP contribution in [0.15, 0.2) is 24.5 Å². The molecule has 1 aromatic heterocycles. The molecule has 0 aliphatic rings. The van der Waals surface area contributed by atoms with Gasteiger partial charge in [-0.1, -0.05) is 13.8 Å². The van der Waals surface area contributed by atoms with Crippen molar-refractivity contribution in [3.8, 4) is 0 Å². The third kappa shape index (κ3) is 3.35. The molecule has 0 aliphatic carbocycles. The lowest BCUT2D eigenvalue weighted by Crippen LogP contribution is -2.49. The minimum atomic E-state index is -1.01. The number of aliphatic carboxylic acids is 1. The maximum absolute atomic E-state index is 11.0. The van der Waals surface area contributed by atoms with Gasteiger partial charge < -0.3 is 9.90 Å². The van der Waals surface area contributed by atoms with E-state index in [1.54, 1.807) is 10.8 Å². The van der Waals surface area contributed by atoms with Gasteiger partial charge in [0.15, 0.2) is 18.4 Å². The minimum Gasteiger partial charge on any atom is -0.543 e. The fraction of sp³-hybridized carbons (Fsp3) is 0.500. The predicted octanol–water partition coefficient (Wildman–Crippen LogP) is 0.620. The molecule has 1 aromatic rings. The van der Waals surface area contributed by atoms with Crippen molar-refractivity contribution in [1.82, 2.24) is 0 Å². The molecule has 0 saturated heterocycles. The third-order valence-corrected chi connectivity index (χ3v) is 2.30. The molecule has 15 heavy (non-hydrogen) atoms. The smallest absolute Gasteiger partial charge is 0.197 e. The van der Waals surface area contributed by atoms with Crippen LogP contribution in [0.5, 0.6) is 0 Å². The minimum absolute atomic E-state index is 0.334. The number of carbonyl (C=O) groups excluding carboxylic acids is 1. The van der Waals surface area contributed by atoms with Crippen LogP contribution in [0.4, 0.5) is 0 Å². The van der Waals surface area contributed by atoms with Gasteiger partial charge in [0.2, 0.25) is 0 Å². The van der Waals surface area contributed by atoms with Crippen LogP contribution >= 0.6 is 0 Å². The number of aromatic nitrogens is 1. The zero-order chi connectivity index (χ0) is 11.4. The van der Waals surface area contributed by atoms with Crippen molar-refractivity contribution in [2.24, 2.45) is 5.92 Å². The van der Waals surface area contributed by atoms with Crippen molar-refractivity contribution in [1.29, 1.82) is 0 Å². The van der Waals surface area contributed by atoms with Gasteiger partial charge in [-0.2, -0.15) is 4.57 Å². The molecule has 0 N–H and O–H groups in total. The van der Waals surface area contributed by atoms with E-state index in [-0.39, 0.29) is 0 Å². The van der Waals surface area contributed by atoms with Gasteiger partial charge in [-0.25, -0.2) is 0 Å². The number of carboxylic acids is 1. The highest BCUT2D eigenvalue weighted by Crippen LogP contribution is 2.11. The Morgan fingerprint density at radius 3 is 2.67 bits per heavy atom. The molecule has 0 radical (unpaired) electrons. The van der Waals surface area contributed by atoms with E-state index in [9.17, 15) is 9.90 Å². The van der Waals surface area contributed by atoms with E-state index in [1.807, 2.05) is 39.1 Å². The van der Waals surface area contributed by atoms with E-state index in [0.717, 1.165) is 5.56 Å². The number of pyridine rings is 1. The molecule has 3 heteroatoms. The first-order valence-corrected chi connectivity index (χ1v) is 5.19. The first-order valence-electron chi connectivity index (χ1n) is 5.19. The number of rotatable bonds is 4. The van der Waals surface area contributed by atoms with Crippen LogP contribution in [0.1, 0.15) is 31.9 Å². The third-order valence-electron chi connectivity index (χ3n) is 2.30. The van der Waals surface area contributed by atoms with Crippen LogP contribution in [0.2, 0.25) is 0 Å². The summed E-state index contributed by atoms with van der Waals surface area (Å²) in [5.41, 5.74) is 1.05. The topological polar surface area (TPSA) is 44.0 Å². The molecule has 1 heterocycles. The highest BCUT2D eigenvalue weighted by molar-refractivity contribution is 5.67. The average molecular weight is 207 g/mol. The van der Waals surface area contributed by atoms with Gasteiger partial charge in [-0.15, -0.1) is 0 Å². The second-order valence-corrected chi connectivity index (χ2v) is 4.29. The van der Waals surface area contributed by atoms with Crippen molar-refractivity contribution >= 4 is 5.97 Å². The second kappa shape index (κ2) is 4.91. The summed E-state index contributed by atoms with van der Waals surface area (Å²) in [6.07, 6.45) is 4.20. The second-order valence-electron chi connectivity index (χ2n) is 4.29. The first-order chi connectivity index (χ1) is 7.00. The molecule has 0 spiro atoms. The Morgan fingerprint density at radius 1 is 1.53 bits per heavy atom. The number of hydrogen-bond acceptors (Lipinski definition) is 2. The summed E-state index contributed by atoms with van der Waals surface area (Å²) in [4.78, 5) is 11.0. The molecule has 1 atom stereocenters. The zero-order valence-corrected chi connectivity index (χ0v) is 9.43. The molecule has 82 valence electrons. The van der Waals surface area contributed by atoms with Gasteiger partial charge in [0.1, 0.15) is 5.97 Å². The Hall–Kier alpha value is -1.38. The van der Waals surface area contributed by atoms with E-state index in [4.69, 9.17) is 0 Å². The number of carbonyl (C=O) groups is 1. The van der Waals surface area contributed by atoms with Crippen molar-refractivity contribution < 1.29 is 14.5 Å². The summed E-state index contributed by atoms with van der Waals surface area (Å²) in [6.45, 7) is 5.96. The van der Waals surface area contributed by atoms with Gasteiger partial charge in [-0.3, -0.25) is 0 Å². The lowest BCUT2D eigenvalue weighted by molar-refractivity contribution is -0.717. The largest absolute Gasteiger partial charge is 0.543 e. The molecule has 0 aromatic carbocycles. The highest BCUT2D eigenvalue weighted by atomic mass is 16.4. The van der Waals surface area contributed by atoms with Crippen LogP contribution in [-0.2, 0) is 4.79 Å². The van der Waals surface area contributed by atoms with E-state index in [2.05, 4.69) is 0 Å². The Bertz CT molecular complexity index is 347. The summed E-state index contributed by atoms with van der Waals surface area (Å²) in [5, 5.41) is 11.0. The standard InChI is InChI=1S/C12H17NO2/c1-9(2)7-11(12(14)15)13-6-4-5-10(3)8-13/h4-6,8-9,11H,7H2,1-3H3/t11-/m0/s1. The summed E-state index contributed by atoms with van der Waals surface area (Å²) in [5.74, 6) is -0.680. The molecule has 0 saturated carbocycles. The van der Waals surface area contributed by atoms with Crippen LogP contribution in [0, 0.1) is 12.8 Å². The first kappa shape index (κ1) is 11.7. The Morgan fingerprint density at radius 2 is 2.20 bits per heavy atom. The van der Waals surface area contributed by atoms with E-state index in [1.165, 1.54) is 0 Å². The van der Waals surface area contributed by atoms with Crippen molar-refractivity contribution in [2.45, 2.75) is 33.2 Å². The molecule has 1 rings (SSSR count). The Balaban J connectivity index is 2.94. The van der Waals surface area contributed by atoms with Crippen molar-refractivity contribution in [3.05, 3.63) is 30.1 Å². The maximum Gasteiger partial charge on any atom is 0.197 e. The quantitative estimate of drug-likeness (QED) is 0.679. The number of aryl methyl sites for hydroxylation is 1.